The minimum absolute atomic E-state index is 0.0122. The number of aromatic amines is 1. The number of primary amides is 1. The van der Waals surface area contributed by atoms with Gasteiger partial charge in [0.05, 0.1) is 0 Å². The van der Waals surface area contributed by atoms with E-state index in [-0.39, 0.29) is 5.82 Å². The zero-order valence-electron chi connectivity index (χ0n) is 4.26. The average molecular weight is 191 g/mol. The minimum atomic E-state index is -0.642. The second kappa shape index (κ2) is 2.14. The van der Waals surface area contributed by atoms with Crippen molar-refractivity contribution in [3.05, 3.63) is 10.6 Å². The lowest BCUT2D eigenvalue weighted by molar-refractivity contribution is 0.0991. The highest BCUT2D eigenvalue weighted by Gasteiger charge is 2.04. The van der Waals surface area contributed by atoms with Crippen molar-refractivity contribution in [1.82, 2.24) is 15.2 Å². The van der Waals surface area contributed by atoms with Gasteiger partial charge in [0.2, 0.25) is 5.82 Å². The SMILES string of the molecule is NC(=O)c1n[nH]c(Br)n1. The van der Waals surface area contributed by atoms with E-state index in [4.69, 9.17) is 5.73 Å². The van der Waals surface area contributed by atoms with Gasteiger partial charge in [-0.25, -0.2) is 0 Å². The zero-order chi connectivity index (χ0) is 6.85. The van der Waals surface area contributed by atoms with Crippen LogP contribution in [-0.4, -0.2) is 21.1 Å². The summed E-state index contributed by atoms with van der Waals surface area (Å²) in [5.41, 5.74) is 4.82. The van der Waals surface area contributed by atoms with Crippen molar-refractivity contribution in [2.24, 2.45) is 5.73 Å². The van der Waals surface area contributed by atoms with E-state index in [0.29, 0.717) is 4.73 Å². The van der Waals surface area contributed by atoms with Gasteiger partial charge in [-0.05, 0) is 15.9 Å². The van der Waals surface area contributed by atoms with Crippen LogP contribution in [0.15, 0.2) is 4.73 Å². The summed E-state index contributed by atoms with van der Waals surface area (Å²) in [6.07, 6.45) is 0. The molecule has 0 saturated carbocycles. The van der Waals surface area contributed by atoms with Crippen LogP contribution in [0.4, 0.5) is 0 Å². The number of carbonyl (C=O) groups excluding carboxylic acids is 1. The molecule has 0 radical (unpaired) electrons. The van der Waals surface area contributed by atoms with Crippen LogP contribution in [0.2, 0.25) is 0 Å². The number of H-pyrrole nitrogens is 1. The van der Waals surface area contributed by atoms with Gasteiger partial charge in [0.25, 0.3) is 5.91 Å². The molecule has 48 valence electrons. The molecule has 1 aromatic heterocycles. The van der Waals surface area contributed by atoms with Crippen molar-refractivity contribution in [2.75, 3.05) is 0 Å². The molecule has 0 atom stereocenters. The van der Waals surface area contributed by atoms with Gasteiger partial charge < -0.3 is 5.73 Å². The summed E-state index contributed by atoms with van der Waals surface area (Å²) in [7, 11) is 0. The zero-order valence-corrected chi connectivity index (χ0v) is 5.84. The fraction of sp³-hybridized carbons (Fsp3) is 0. The summed E-state index contributed by atoms with van der Waals surface area (Å²) in [6.45, 7) is 0. The summed E-state index contributed by atoms with van der Waals surface area (Å²) >= 11 is 2.96. The van der Waals surface area contributed by atoms with Crippen LogP contribution >= 0.6 is 15.9 Å². The first kappa shape index (κ1) is 6.21. The molecule has 3 N–H and O–H groups in total. The molecule has 0 unspecified atom stereocenters. The van der Waals surface area contributed by atoms with Gasteiger partial charge in [-0.3, -0.25) is 9.89 Å². The van der Waals surface area contributed by atoms with Gasteiger partial charge in [-0.1, -0.05) is 0 Å². The highest BCUT2D eigenvalue weighted by molar-refractivity contribution is 9.10. The first-order valence-corrected chi connectivity index (χ1v) is 2.87. The van der Waals surface area contributed by atoms with Gasteiger partial charge in [-0.15, -0.1) is 5.10 Å². The Morgan fingerprint density at radius 1 is 1.78 bits per heavy atom. The number of rotatable bonds is 1. The number of carbonyl (C=O) groups is 1. The van der Waals surface area contributed by atoms with E-state index < -0.39 is 5.91 Å². The lowest BCUT2D eigenvalue weighted by atomic mass is 10.6. The molecule has 1 aromatic rings. The fourth-order valence-electron chi connectivity index (χ4n) is 0.352. The van der Waals surface area contributed by atoms with Gasteiger partial charge >= 0.3 is 0 Å². The van der Waals surface area contributed by atoms with Crippen molar-refractivity contribution in [3.63, 3.8) is 0 Å². The van der Waals surface area contributed by atoms with E-state index >= 15 is 0 Å². The van der Waals surface area contributed by atoms with Crippen LogP contribution in [0.3, 0.4) is 0 Å². The van der Waals surface area contributed by atoms with Crippen molar-refractivity contribution in [3.8, 4) is 0 Å². The summed E-state index contributed by atoms with van der Waals surface area (Å²) in [5.74, 6) is -0.654. The monoisotopic (exact) mass is 190 g/mol. The maximum Gasteiger partial charge on any atom is 0.288 e. The van der Waals surface area contributed by atoms with E-state index in [0.717, 1.165) is 0 Å². The second-order valence-electron chi connectivity index (χ2n) is 1.31. The van der Waals surface area contributed by atoms with Gasteiger partial charge in [0, 0.05) is 0 Å². The molecule has 0 saturated heterocycles. The van der Waals surface area contributed by atoms with Crippen LogP contribution in [0, 0.1) is 0 Å². The largest absolute Gasteiger partial charge is 0.363 e. The predicted molar refractivity (Wildman–Crippen MR) is 32.6 cm³/mol. The number of nitrogens with one attached hydrogen (secondary N) is 1. The maximum atomic E-state index is 10.3. The molecule has 0 aromatic carbocycles. The quantitative estimate of drug-likeness (QED) is 0.636. The molecule has 1 rings (SSSR count). The molecule has 1 amide bonds. The normalized spacial score (nSPS) is 9.44. The third kappa shape index (κ3) is 1.26. The van der Waals surface area contributed by atoms with E-state index in [1.807, 2.05) is 0 Å². The van der Waals surface area contributed by atoms with E-state index in [9.17, 15) is 4.79 Å². The first-order valence-electron chi connectivity index (χ1n) is 2.08. The predicted octanol–water partition coefficient (Wildman–Crippen LogP) is -0.334. The Morgan fingerprint density at radius 2 is 2.44 bits per heavy atom. The maximum absolute atomic E-state index is 10.3. The lowest BCUT2D eigenvalue weighted by Gasteiger charge is -1.77. The van der Waals surface area contributed by atoms with Crippen molar-refractivity contribution in [1.29, 1.82) is 0 Å². The standard InChI is InChI=1S/C3H3BrN4O/c4-3-6-2(1(5)9)7-8-3/h(H2,5,9)(H,6,7,8). The van der Waals surface area contributed by atoms with Crippen LogP contribution in [0.25, 0.3) is 0 Å². The molecule has 0 aliphatic heterocycles. The molecule has 0 bridgehead atoms. The Kier molecular flexibility index (Phi) is 1.48. The van der Waals surface area contributed by atoms with Crippen LogP contribution in [0.5, 0.6) is 0 Å². The molecule has 1 heterocycles. The topological polar surface area (TPSA) is 84.7 Å². The van der Waals surface area contributed by atoms with Gasteiger partial charge in [0.1, 0.15) is 0 Å². The smallest absolute Gasteiger partial charge is 0.288 e. The number of amides is 1. The Hall–Kier alpha value is -0.910. The van der Waals surface area contributed by atoms with Crippen LogP contribution < -0.4 is 5.73 Å². The summed E-state index contributed by atoms with van der Waals surface area (Å²) in [5, 5.41) is 5.86. The fourth-order valence-corrected chi connectivity index (χ4v) is 0.609. The van der Waals surface area contributed by atoms with E-state index in [2.05, 4.69) is 31.1 Å². The van der Waals surface area contributed by atoms with E-state index in [1.54, 1.807) is 0 Å². The molecule has 0 aliphatic carbocycles. The summed E-state index contributed by atoms with van der Waals surface area (Å²) in [6, 6.07) is 0. The number of nitrogens with two attached hydrogens (primary N) is 1. The molecule has 0 spiro atoms. The second-order valence-corrected chi connectivity index (χ2v) is 2.07. The van der Waals surface area contributed by atoms with Crippen LogP contribution in [-0.2, 0) is 0 Å². The molecular formula is C3H3BrN4O. The molecule has 6 heteroatoms. The number of nitrogens with zero attached hydrogens (tertiary/aromatic N) is 2. The van der Waals surface area contributed by atoms with Gasteiger partial charge in [0.15, 0.2) is 4.73 Å². The third-order valence-corrected chi connectivity index (χ3v) is 1.03. The number of hydrogen-bond acceptors (Lipinski definition) is 3. The van der Waals surface area contributed by atoms with Gasteiger partial charge in [-0.2, -0.15) is 4.98 Å². The van der Waals surface area contributed by atoms with Crippen LogP contribution in [0.1, 0.15) is 10.6 Å². The molecule has 0 aliphatic rings. The number of aromatic nitrogens is 3. The number of hydrogen-bond donors (Lipinski definition) is 2. The minimum Gasteiger partial charge on any atom is -0.363 e. The Balaban J connectivity index is 2.98. The Labute approximate surface area is 58.8 Å². The highest BCUT2D eigenvalue weighted by Crippen LogP contribution is 1.98. The average Bonchev–Trinajstić information content (AvgIpc) is 2.14. The molecule has 5 nitrogen and oxygen atoms in total. The number of halogens is 1. The third-order valence-electron chi connectivity index (χ3n) is 0.679. The summed E-state index contributed by atoms with van der Waals surface area (Å²) < 4.78 is 0.399. The molecule has 9 heavy (non-hydrogen) atoms. The molecule has 0 fully saturated rings. The van der Waals surface area contributed by atoms with Crippen molar-refractivity contribution < 1.29 is 4.79 Å². The van der Waals surface area contributed by atoms with Crippen molar-refractivity contribution >= 4 is 21.8 Å². The van der Waals surface area contributed by atoms with E-state index in [1.165, 1.54) is 0 Å². The first-order chi connectivity index (χ1) is 4.20. The highest BCUT2D eigenvalue weighted by atomic mass is 79.9. The van der Waals surface area contributed by atoms with Crippen molar-refractivity contribution in [2.45, 2.75) is 0 Å². The Bertz CT molecular complexity index is 231. The Morgan fingerprint density at radius 3 is 2.67 bits per heavy atom. The summed E-state index contributed by atoms with van der Waals surface area (Å²) in [4.78, 5) is 13.9. The molecular weight excluding hydrogens is 188 g/mol. The lowest BCUT2D eigenvalue weighted by Crippen LogP contribution is -2.12.